The second kappa shape index (κ2) is 4.96. The molecule has 0 fully saturated rings. The molecule has 1 aromatic rings. The Morgan fingerprint density at radius 1 is 1.73 bits per heavy atom. The highest BCUT2D eigenvalue weighted by molar-refractivity contribution is 7.10. The number of carbonyl (C=O) groups is 1. The molecule has 0 amide bonds. The molecule has 0 aliphatic heterocycles. The lowest BCUT2D eigenvalue weighted by Gasteiger charge is -2.18. The summed E-state index contributed by atoms with van der Waals surface area (Å²) in [5.41, 5.74) is -1.41. The average Bonchev–Trinajstić information content (AvgIpc) is 2.60. The number of halogens is 1. The third kappa shape index (κ3) is 3.19. The minimum Gasteiger partial charge on any atom is -0.458 e. The Balaban J connectivity index is 2.52. The molecule has 84 valence electrons. The van der Waals surface area contributed by atoms with Crippen LogP contribution in [0.4, 0.5) is 0 Å². The van der Waals surface area contributed by atoms with Crippen molar-refractivity contribution in [2.24, 2.45) is 0 Å². The Morgan fingerprint density at radius 3 is 2.87 bits per heavy atom. The van der Waals surface area contributed by atoms with E-state index in [0.29, 0.717) is 11.4 Å². The first kappa shape index (κ1) is 12.5. The van der Waals surface area contributed by atoms with Crippen molar-refractivity contribution in [3.05, 3.63) is 21.3 Å². The van der Waals surface area contributed by atoms with Crippen LogP contribution < -0.4 is 0 Å². The molecule has 0 aromatic carbocycles. The Labute approximate surface area is 97.6 Å². The molecular formula is C10H13ClO3S. The van der Waals surface area contributed by atoms with Crippen molar-refractivity contribution >= 4 is 28.9 Å². The summed E-state index contributed by atoms with van der Waals surface area (Å²) in [5.74, 6) is -0.616. The summed E-state index contributed by atoms with van der Waals surface area (Å²) >= 11 is 7.25. The van der Waals surface area contributed by atoms with E-state index in [1.165, 1.54) is 18.3 Å². The quantitative estimate of drug-likeness (QED) is 0.834. The van der Waals surface area contributed by atoms with E-state index in [1.807, 2.05) is 5.38 Å². The Morgan fingerprint density at radius 2 is 2.40 bits per heavy atom. The minimum absolute atomic E-state index is 0.117. The molecular weight excluding hydrogens is 236 g/mol. The fourth-order valence-electron chi connectivity index (χ4n) is 0.859. The number of aliphatic hydroxyl groups is 1. The van der Waals surface area contributed by atoms with Gasteiger partial charge in [0.2, 0.25) is 0 Å². The topological polar surface area (TPSA) is 46.5 Å². The maximum absolute atomic E-state index is 11.4. The normalized spacial score (nSPS) is 14.7. The second-order valence-corrected chi connectivity index (χ2v) is 4.80. The third-order valence-electron chi connectivity index (χ3n) is 2.15. The number of hydrogen-bond acceptors (Lipinski definition) is 4. The highest BCUT2D eigenvalue weighted by Gasteiger charge is 2.29. The van der Waals surface area contributed by atoms with Gasteiger partial charge in [-0.25, -0.2) is 4.79 Å². The molecule has 15 heavy (non-hydrogen) atoms. The van der Waals surface area contributed by atoms with Crippen LogP contribution in [0.1, 0.15) is 25.1 Å². The van der Waals surface area contributed by atoms with E-state index < -0.39 is 11.6 Å². The van der Waals surface area contributed by atoms with Crippen molar-refractivity contribution in [3.63, 3.8) is 0 Å². The molecule has 1 aromatic heterocycles. The van der Waals surface area contributed by atoms with Gasteiger partial charge in [-0.15, -0.1) is 11.3 Å². The Kier molecular flexibility index (Phi) is 4.13. The van der Waals surface area contributed by atoms with Crippen molar-refractivity contribution in [1.82, 2.24) is 0 Å². The lowest BCUT2D eigenvalue weighted by atomic mass is 10.1. The van der Waals surface area contributed by atoms with Crippen molar-refractivity contribution in [2.75, 3.05) is 0 Å². The van der Waals surface area contributed by atoms with Crippen LogP contribution in [0.5, 0.6) is 0 Å². The molecule has 0 aliphatic rings. The first-order chi connectivity index (χ1) is 6.97. The van der Waals surface area contributed by atoms with Gasteiger partial charge in [0.1, 0.15) is 6.61 Å². The van der Waals surface area contributed by atoms with Crippen molar-refractivity contribution in [2.45, 2.75) is 32.5 Å². The van der Waals surface area contributed by atoms with E-state index >= 15 is 0 Å². The van der Waals surface area contributed by atoms with Crippen LogP contribution in [0.3, 0.4) is 0 Å². The van der Waals surface area contributed by atoms with E-state index in [0.717, 1.165) is 4.88 Å². The van der Waals surface area contributed by atoms with Crippen LogP contribution in [0, 0.1) is 0 Å². The molecule has 0 aliphatic carbocycles. The molecule has 0 spiro atoms. The second-order valence-electron chi connectivity index (χ2n) is 3.40. The van der Waals surface area contributed by atoms with E-state index in [2.05, 4.69) is 0 Å². The van der Waals surface area contributed by atoms with Gasteiger partial charge in [-0.3, -0.25) is 0 Å². The fourth-order valence-corrected chi connectivity index (χ4v) is 1.86. The zero-order valence-corrected chi connectivity index (χ0v) is 10.2. The number of thiophene rings is 1. The largest absolute Gasteiger partial charge is 0.458 e. The molecule has 0 bridgehead atoms. The predicted molar refractivity (Wildman–Crippen MR) is 60.0 cm³/mol. The number of rotatable bonds is 4. The number of ether oxygens (including phenoxy) is 1. The summed E-state index contributed by atoms with van der Waals surface area (Å²) in [7, 11) is 0. The monoisotopic (exact) mass is 248 g/mol. The van der Waals surface area contributed by atoms with Gasteiger partial charge in [0.05, 0.1) is 9.90 Å². The highest BCUT2D eigenvalue weighted by Crippen LogP contribution is 2.23. The summed E-state index contributed by atoms with van der Waals surface area (Å²) in [6, 6.07) is 1.74. The van der Waals surface area contributed by atoms with Gasteiger partial charge in [0.15, 0.2) is 5.60 Å². The first-order valence-corrected chi connectivity index (χ1v) is 5.84. The predicted octanol–water partition coefficient (Wildman–Crippen LogP) is 2.61. The Bertz CT molecular complexity index is 346. The van der Waals surface area contributed by atoms with Gasteiger partial charge < -0.3 is 9.84 Å². The van der Waals surface area contributed by atoms with Gasteiger partial charge in [-0.1, -0.05) is 18.5 Å². The van der Waals surface area contributed by atoms with Crippen LogP contribution in [0.15, 0.2) is 11.4 Å². The van der Waals surface area contributed by atoms with Crippen LogP contribution in [-0.4, -0.2) is 16.7 Å². The Hall–Kier alpha value is -0.580. The fraction of sp³-hybridized carbons (Fsp3) is 0.500. The molecule has 1 N–H and O–H groups in total. The summed E-state index contributed by atoms with van der Waals surface area (Å²) in [6.07, 6.45) is 0.323. The maximum atomic E-state index is 11.4. The van der Waals surface area contributed by atoms with Gasteiger partial charge in [-0.05, 0) is 24.8 Å². The van der Waals surface area contributed by atoms with Gasteiger partial charge in [0, 0.05) is 0 Å². The van der Waals surface area contributed by atoms with Gasteiger partial charge in [-0.2, -0.15) is 0 Å². The molecule has 3 nitrogen and oxygen atoms in total. The van der Waals surface area contributed by atoms with E-state index in [4.69, 9.17) is 16.3 Å². The van der Waals surface area contributed by atoms with Crippen LogP contribution in [0.2, 0.25) is 5.02 Å². The highest BCUT2D eigenvalue weighted by atomic mass is 35.5. The molecule has 0 saturated heterocycles. The zero-order chi connectivity index (χ0) is 11.5. The van der Waals surface area contributed by atoms with Crippen LogP contribution >= 0.6 is 22.9 Å². The molecule has 5 heteroatoms. The van der Waals surface area contributed by atoms with E-state index in [9.17, 15) is 9.90 Å². The lowest BCUT2D eigenvalue weighted by Crippen LogP contribution is -2.35. The lowest BCUT2D eigenvalue weighted by molar-refractivity contribution is -0.165. The molecule has 1 heterocycles. The van der Waals surface area contributed by atoms with Crippen molar-refractivity contribution in [3.8, 4) is 0 Å². The molecule has 1 atom stereocenters. The number of hydrogen-bond donors (Lipinski definition) is 1. The SMILES string of the molecule is CCC(C)(O)C(=O)OCc1sccc1Cl. The summed E-state index contributed by atoms with van der Waals surface area (Å²) in [6.45, 7) is 3.27. The van der Waals surface area contributed by atoms with Crippen molar-refractivity contribution < 1.29 is 14.6 Å². The van der Waals surface area contributed by atoms with Crippen molar-refractivity contribution in [1.29, 1.82) is 0 Å². The van der Waals surface area contributed by atoms with E-state index in [1.54, 1.807) is 13.0 Å². The number of carbonyl (C=O) groups excluding carboxylic acids is 1. The van der Waals surface area contributed by atoms with Gasteiger partial charge >= 0.3 is 5.97 Å². The standard InChI is InChI=1S/C10H13ClO3S/c1-3-10(2,13)9(12)14-6-8-7(11)4-5-15-8/h4-5,13H,3,6H2,1-2H3. The number of esters is 1. The van der Waals surface area contributed by atoms with Crippen LogP contribution in [-0.2, 0) is 16.1 Å². The molecule has 1 unspecified atom stereocenters. The van der Waals surface area contributed by atoms with Gasteiger partial charge in [0.25, 0.3) is 0 Å². The summed E-state index contributed by atoms with van der Waals surface area (Å²) < 4.78 is 4.96. The minimum atomic E-state index is -1.41. The smallest absolute Gasteiger partial charge is 0.338 e. The average molecular weight is 249 g/mol. The van der Waals surface area contributed by atoms with E-state index in [-0.39, 0.29) is 6.61 Å². The third-order valence-corrected chi connectivity index (χ3v) is 3.51. The zero-order valence-electron chi connectivity index (χ0n) is 8.62. The summed E-state index contributed by atoms with van der Waals surface area (Å²) in [4.78, 5) is 12.2. The molecule has 0 saturated carbocycles. The molecule has 1 rings (SSSR count). The summed E-state index contributed by atoms with van der Waals surface area (Å²) in [5, 5.41) is 12.0. The maximum Gasteiger partial charge on any atom is 0.338 e. The first-order valence-electron chi connectivity index (χ1n) is 4.59. The van der Waals surface area contributed by atoms with Crippen LogP contribution in [0.25, 0.3) is 0 Å². The molecule has 0 radical (unpaired) electrons.